The highest BCUT2D eigenvalue weighted by Gasteiger charge is 2.24. The van der Waals surface area contributed by atoms with E-state index in [1.807, 2.05) is 0 Å². The predicted molar refractivity (Wildman–Crippen MR) is 61.1 cm³/mol. The number of likely N-dealkylation sites (N-methyl/N-ethyl adjacent to an activating group) is 1. The Kier molecular flexibility index (Phi) is 3.97. The van der Waals surface area contributed by atoms with Crippen LogP contribution >= 0.6 is 0 Å². The molecular formula is C11H23N3O. The van der Waals surface area contributed by atoms with E-state index < -0.39 is 0 Å². The van der Waals surface area contributed by atoms with E-state index in [1.54, 1.807) is 0 Å². The van der Waals surface area contributed by atoms with Gasteiger partial charge in [-0.05, 0) is 14.0 Å². The van der Waals surface area contributed by atoms with E-state index in [-0.39, 0.29) is 0 Å². The predicted octanol–water partition coefficient (Wildman–Crippen LogP) is -0.389. The van der Waals surface area contributed by atoms with Crippen molar-refractivity contribution in [3.8, 4) is 0 Å². The zero-order valence-electron chi connectivity index (χ0n) is 9.91. The molecule has 2 fully saturated rings. The van der Waals surface area contributed by atoms with Gasteiger partial charge in [-0.2, -0.15) is 0 Å². The van der Waals surface area contributed by atoms with Gasteiger partial charge in [-0.1, -0.05) is 0 Å². The first-order valence-corrected chi connectivity index (χ1v) is 6.00. The molecule has 0 bridgehead atoms. The zero-order valence-corrected chi connectivity index (χ0v) is 9.91. The minimum absolute atomic E-state index is 0.407. The van der Waals surface area contributed by atoms with E-state index in [2.05, 4.69) is 29.1 Å². The molecule has 0 aromatic heterocycles. The summed E-state index contributed by atoms with van der Waals surface area (Å²) >= 11 is 0. The maximum absolute atomic E-state index is 5.80. The molecule has 0 amide bonds. The van der Waals surface area contributed by atoms with Crippen LogP contribution in [0.2, 0.25) is 0 Å². The van der Waals surface area contributed by atoms with E-state index in [0.29, 0.717) is 12.1 Å². The molecule has 2 atom stereocenters. The fraction of sp³-hybridized carbons (Fsp3) is 1.00. The van der Waals surface area contributed by atoms with E-state index in [4.69, 9.17) is 4.74 Å². The van der Waals surface area contributed by atoms with Crippen molar-refractivity contribution < 1.29 is 4.74 Å². The topological polar surface area (TPSA) is 27.7 Å². The summed E-state index contributed by atoms with van der Waals surface area (Å²) in [7, 11) is 2.18. The highest BCUT2D eigenvalue weighted by Crippen LogP contribution is 2.09. The van der Waals surface area contributed by atoms with Crippen molar-refractivity contribution in [3.05, 3.63) is 0 Å². The first-order valence-electron chi connectivity index (χ1n) is 6.00. The lowest BCUT2D eigenvalue weighted by atomic mass is 10.2. The summed E-state index contributed by atoms with van der Waals surface area (Å²) in [6.45, 7) is 9.82. The molecule has 0 saturated carbocycles. The molecule has 15 heavy (non-hydrogen) atoms. The highest BCUT2D eigenvalue weighted by atomic mass is 16.5. The van der Waals surface area contributed by atoms with Gasteiger partial charge in [0.15, 0.2) is 0 Å². The van der Waals surface area contributed by atoms with Crippen LogP contribution in [0.5, 0.6) is 0 Å². The highest BCUT2D eigenvalue weighted by molar-refractivity contribution is 4.80. The van der Waals surface area contributed by atoms with Gasteiger partial charge in [0.1, 0.15) is 0 Å². The summed E-state index contributed by atoms with van der Waals surface area (Å²) < 4.78 is 5.80. The fourth-order valence-corrected chi connectivity index (χ4v) is 2.39. The van der Waals surface area contributed by atoms with E-state index in [9.17, 15) is 0 Å². The molecular weight excluding hydrogens is 190 g/mol. The molecule has 0 radical (unpaired) electrons. The largest absolute Gasteiger partial charge is 0.374 e. The van der Waals surface area contributed by atoms with Crippen LogP contribution in [-0.2, 0) is 4.74 Å². The Morgan fingerprint density at radius 2 is 2.27 bits per heavy atom. The van der Waals surface area contributed by atoms with Crippen molar-refractivity contribution in [2.24, 2.45) is 0 Å². The van der Waals surface area contributed by atoms with Crippen LogP contribution in [0.1, 0.15) is 6.92 Å². The van der Waals surface area contributed by atoms with Gasteiger partial charge in [-0.15, -0.1) is 0 Å². The molecule has 2 heterocycles. The smallest absolute Gasteiger partial charge is 0.0829 e. The van der Waals surface area contributed by atoms with Crippen molar-refractivity contribution >= 4 is 0 Å². The fourth-order valence-electron chi connectivity index (χ4n) is 2.39. The Morgan fingerprint density at radius 3 is 3.00 bits per heavy atom. The number of hydrogen-bond acceptors (Lipinski definition) is 4. The van der Waals surface area contributed by atoms with Crippen molar-refractivity contribution in [3.63, 3.8) is 0 Å². The Bertz CT molecular complexity index is 200. The summed E-state index contributed by atoms with van der Waals surface area (Å²) in [5.74, 6) is 0. The number of ether oxygens (including phenoxy) is 1. The normalized spacial score (nSPS) is 35.6. The second-order valence-corrected chi connectivity index (χ2v) is 4.80. The molecule has 0 spiro atoms. The van der Waals surface area contributed by atoms with Crippen molar-refractivity contribution in [1.82, 2.24) is 15.1 Å². The van der Waals surface area contributed by atoms with Gasteiger partial charge in [0.2, 0.25) is 0 Å². The van der Waals surface area contributed by atoms with Crippen LogP contribution in [0, 0.1) is 0 Å². The van der Waals surface area contributed by atoms with Gasteiger partial charge < -0.3 is 15.0 Å². The summed E-state index contributed by atoms with van der Waals surface area (Å²) in [6.07, 6.45) is 0.407. The first kappa shape index (κ1) is 11.3. The van der Waals surface area contributed by atoms with Gasteiger partial charge in [-0.3, -0.25) is 4.90 Å². The monoisotopic (exact) mass is 213 g/mol. The molecule has 1 N–H and O–H groups in total. The Balaban J connectivity index is 1.79. The quantitative estimate of drug-likeness (QED) is 0.676. The minimum atomic E-state index is 0.407. The Labute approximate surface area is 92.6 Å². The first-order chi connectivity index (χ1) is 7.25. The second-order valence-electron chi connectivity index (χ2n) is 4.80. The molecule has 0 aromatic rings. The van der Waals surface area contributed by atoms with Gasteiger partial charge in [0, 0.05) is 45.3 Å². The maximum atomic E-state index is 5.80. The third kappa shape index (κ3) is 3.14. The number of nitrogens with zero attached hydrogens (tertiary/aromatic N) is 2. The van der Waals surface area contributed by atoms with Crippen LogP contribution in [-0.4, -0.2) is 74.9 Å². The molecule has 1 unspecified atom stereocenters. The van der Waals surface area contributed by atoms with Crippen LogP contribution in [0.4, 0.5) is 0 Å². The van der Waals surface area contributed by atoms with E-state index in [1.165, 1.54) is 0 Å². The standard InChI is InChI=1S/C11H23N3O/c1-10-7-12-3-4-14(10)9-11-8-13(2)5-6-15-11/h10-12H,3-9H2,1-2H3/t10-,11?/m1/s1. The Morgan fingerprint density at radius 1 is 1.40 bits per heavy atom. The lowest BCUT2D eigenvalue weighted by Gasteiger charge is -2.38. The summed E-state index contributed by atoms with van der Waals surface area (Å²) in [5, 5.41) is 3.42. The molecule has 2 aliphatic heterocycles. The molecule has 4 nitrogen and oxygen atoms in total. The number of piperazine rings is 1. The minimum Gasteiger partial charge on any atom is -0.374 e. The lowest BCUT2D eigenvalue weighted by Crippen LogP contribution is -2.54. The molecule has 2 saturated heterocycles. The summed E-state index contributed by atoms with van der Waals surface area (Å²) in [6, 6.07) is 0.648. The number of hydrogen-bond donors (Lipinski definition) is 1. The third-order valence-electron chi connectivity index (χ3n) is 3.42. The maximum Gasteiger partial charge on any atom is 0.0829 e. The van der Waals surface area contributed by atoms with Crippen LogP contribution < -0.4 is 5.32 Å². The summed E-state index contributed by atoms with van der Waals surface area (Å²) in [5.41, 5.74) is 0. The average Bonchev–Trinajstić information content (AvgIpc) is 2.22. The van der Waals surface area contributed by atoms with E-state index >= 15 is 0 Å². The number of morpholine rings is 1. The van der Waals surface area contributed by atoms with Gasteiger partial charge in [-0.25, -0.2) is 0 Å². The molecule has 2 aliphatic rings. The van der Waals surface area contributed by atoms with E-state index in [0.717, 1.165) is 45.9 Å². The van der Waals surface area contributed by atoms with Crippen molar-refractivity contribution in [2.75, 3.05) is 52.9 Å². The zero-order chi connectivity index (χ0) is 10.7. The SMILES string of the molecule is C[C@@H]1CNCCN1CC1CN(C)CCO1. The Hall–Kier alpha value is -0.160. The second kappa shape index (κ2) is 5.25. The molecule has 0 aliphatic carbocycles. The molecule has 4 heteroatoms. The van der Waals surface area contributed by atoms with Crippen molar-refractivity contribution in [1.29, 1.82) is 0 Å². The van der Waals surface area contributed by atoms with Gasteiger partial charge >= 0.3 is 0 Å². The van der Waals surface area contributed by atoms with Crippen molar-refractivity contribution in [2.45, 2.75) is 19.1 Å². The number of rotatable bonds is 2. The number of nitrogens with one attached hydrogen (secondary N) is 1. The van der Waals surface area contributed by atoms with Gasteiger partial charge in [0.05, 0.1) is 12.7 Å². The molecule has 2 rings (SSSR count). The molecule has 88 valence electrons. The van der Waals surface area contributed by atoms with Crippen LogP contribution in [0.3, 0.4) is 0 Å². The molecule has 0 aromatic carbocycles. The van der Waals surface area contributed by atoms with Gasteiger partial charge in [0.25, 0.3) is 0 Å². The summed E-state index contributed by atoms with van der Waals surface area (Å²) in [4.78, 5) is 4.90. The average molecular weight is 213 g/mol. The lowest BCUT2D eigenvalue weighted by molar-refractivity contribution is -0.0425. The van der Waals surface area contributed by atoms with Crippen LogP contribution in [0.25, 0.3) is 0 Å². The van der Waals surface area contributed by atoms with Crippen LogP contribution in [0.15, 0.2) is 0 Å². The third-order valence-corrected chi connectivity index (χ3v) is 3.42.